The van der Waals surface area contributed by atoms with E-state index < -0.39 is 0 Å². The third-order valence-electron chi connectivity index (χ3n) is 3.05. The highest BCUT2D eigenvalue weighted by Gasteiger charge is 2.21. The van der Waals surface area contributed by atoms with E-state index in [0.717, 1.165) is 18.0 Å². The molecule has 0 aliphatic heterocycles. The van der Waals surface area contributed by atoms with Crippen molar-refractivity contribution < 1.29 is 0 Å². The average molecular weight is 211 g/mol. The number of hydrogen-bond acceptors (Lipinski definition) is 4. The molecule has 1 saturated carbocycles. The van der Waals surface area contributed by atoms with E-state index in [1.165, 1.54) is 25.7 Å². The number of thiazole rings is 1. The van der Waals surface area contributed by atoms with Gasteiger partial charge in [-0.15, -0.1) is 11.3 Å². The van der Waals surface area contributed by atoms with Crippen molar-refractivity contribution in [3.8, 4) is 0 Å². The van der Waals surface area contributed by atoms with Gasteiger partial charge in [-0.3, -0.25) is 11.3 Å². The number of hydrazine groups is 1. The van der Waals surface area contributed by atoms with Gasteiger partial charge in [-0.25, -0.2) is 4.98 Å². The van der Waals surface area contributed by atoms with E-state index in [1.807, 2.05) is 5.51 Å². The Bertz CT molecular complexity index is 254. The van der Waals surface area contributed by atoms with Crippen LogP contribution in [0.3, 0.4) is 0 Å². The lowest BCUT2D eigenvalue weighted by atomic mass is 9.97. The van der Waals surface area contributed by atoms with Crippen molar-refractivity contribution >= 4 is 11.3 Å². The molecule has 0 bridgehead atoms. The Kier molecular flexibility index (Phi) is 3.50. The number of nitrogens with one attached hydrogen (secondary N) is 1. The Morgan fingerprint density at radius 2 is 2.36 bits per heavy atom. The van der Waals surface area contributed by atoms with Crippen LogP contribution in [0.25, 0.3) is 0 Å². The lowest BCUT2D eigenvalue weighted by Gasteiger charge is -2.17. The zero-order valence-corrected chi connectivity index (χ0v) is 9.09. The molecular formula is C10H17N3S. The van der Waals surface area contributed by atoms with E-state index in [-0.39, 0.29) is 6.04 Å². The predicted molar refractivity (Wildman–Crippen MR) is 58.8 cm³/mol. The van der Waals surface area contributed by atoms with Crippen LogP contribution in [0.4, 0.5) is 0 Å². The molecule has 1 heterocycles. The van der Waals surface area contributed by atoms with Crippen LogP contribution in [0.15, 0.2) is 10.9 Å². The van der Waals surface area contributed by atoms with Gasteiger partial charge in [0, 0.05) is 5.38 Å². The van der Waals surface area contributed by atoms with Gasteiger partial charge in [0.1, 0.15) is 0 Å². The molecule has 0 aromatic carbocycles. The Balaban J connectivity index is 1.93. The first kappa shape index (κ1) is 10.1. The summed E-state index contributed by atoms with van der Waals surface area (Å²) in [5.74, 6) is 6.40. The van der Waals surface area contributed by atoms with Crippen LogP contribution < -0.4 is 11.3 Å². The normalized spacial score (nSPS) is 20.1. The fraction of sp³-hybridized carbons (Fsp3) is 0.700. The number of nitrogens with zero attached hydrogens (tertiary/aromatic N) is 1. The van der Waals surface area contributed by atoms with Crippen molar-refractivity contribution in [3.63, 3.8) is 0 Å². The fourth-order valence-electron chi connectivity index (χ4n) is 2.25. The lowest BCUT2D eigenvalue weighted by molar-refractivity contribution is 0.395. The third kappa shape index (κ3) is 2.32. The molecule has 0 spiro atoms. The maximum Gasteiger partial charge on any atom is 0.0795 e. The summed E-state index contributed by atoms with van der Waals surface area (Å²) in [6.45, 7) is 0. The van der Waals surface area contributed by atoms with Crippen molar-refractivity contribution in [3.05, 3.63) is 16.6 Å². The average Bonchev–Trinajstić information content (AvgIpc) is 2.86. The maximum absolute atomic E-state index is 5.56. The van der Waals surface area contributed by atoms with E-state index in [9.17, 15) is 0 Å². The van der Waals surface area contributed by atoms with E-state index in [2.05, 4.69) is 15.8 Å². The third-order valence-corrected chi connectivity index (χ3v) is 3.66. The molecule has 0 radical (unpaired) electrons. The maximum atomic E-state index is 5.56. The minimum atomic E-state index is 0.254. The van der Waals surface area contributed by atoms with E-state index in [1.54, 1.807) is 11.3 Å². The molecule has 1 fully saturated rings. The number of nitrogens with two attached hydrogens (primary N) is 1. The monoisotopic (exact) mass is 211 g/mol. The first-order chi connectivity index (χ1) is 6.90. The first-order valence-corrected chi connectivity index (χ1v) is 6.18. The van der Waals surface area contributed by atoms with Crippen LogP contribution in [0.2, 0.25) is 0 Å². The second-order valence-corrected chi connectivity index (χ2v) is 4.74. The topological polar surface area (TPSA) is 50.9 Å². The van der Waals surface area contributed by atoms with Crippen LogP contribution in [-0.2, 0) is 0 Å². The Hall–Kier alpha value is -0.450. The molecule has 4 heteroatoms. The summed E-state index contributed by atoms with van der Waals surface area (Å²) < 4.78 is 0. The highest BCUT2D eigenvalue weighted by atomic mass is 32.1. The Morgan fingerprint density at radius 3 is 2.93 bits per heavy atom. The number of rotatable bonds is 4. The van der Waals surface area contributed by atoms with Crippen molar-refractivity contribution in [2.75, 3.05) is 0 Å². The van der Waals surface area contributed by atoms with Crippen LogP contribution in [0, 0.1) is 5.92 Å². The Morgan fingerprint density at radius 1 is 1.57 bits per heavy atom. The summed E-state index contributed by atoms with van der Waals surface area (Å²) in [7, 11) is 0. The smallest absolute Gasteiger partial charge is 0.0795 e. The molecule has 1 atom stereocenters. The molecule has 1 aliphatic carbocycles. The molecule has 78 valence electrons. The predicted octanol–water partition coefficient (Wildman–Crippen LogP) is 2.23. The molecule has 14 heavy (non-hydrogen) atoms. The molecule has 0 amide bonds. The van der Waals surface area contributed by atoms with Crippen molar-refractivity contribution in [2.24, 2.45) is 11.8 Å². The van der Waals surface area contributed by atoms with Gasteiger partial charge in [0.2, 0.25) is 0 Å². The SMILES string of the molecule is NNC(CC1CCCC1)c1cscn1. The molecule has 3 N–H and O–H groups in total. The molecule has 3 nitrogen and oxygen atoms in total. The largest absolute Gasteiger partial charge is 0.271 e. The lowest BCUT2D eigenvalue weighted by Crippen LogP contribution is -2.29. The van der Waals surface area contributed by atoms with Gasteiger partial charge in [0.05, 0.1) is 17.2 Å². The van der Waals surface area contributed by atoms with Crippen LogP contribution in [0.1, 0.15) is 43.8 Å². The minimum Gasteiger partial charge on any atom is -0.271 e. The van der Waals surface area contributed by atoms with Crippen molar-refractivity contribution in [2.45, 2.75) is 38.1 Å². The molecule has 1 aromatic heterocycles. The molecular weight excluding hydrogens is 194 g/mol. The molecule has 1 aliphatic rings. The first-order valence-electron chi connectivity index (χ1n) is 5.24. The van der Waals surface area contributed by atoms with Crippen LogP contribution in [0.5, 0.6) is 0 Å². The highest BCUT2D eigenvalue weighted by Crippen LogP contribution is 2.32. The van der Waals surface area contributed by atoms with Gasteiger partial charge in [-0.2, -0.15) is 0 Å². The molecule has 1 unspecified atom stereocenters. The van der Waals surface area contributed by atoms with E-state index in [0.29, 0.717) is 0 Å². The van der Waals surface area contributed by atoms with Gasteiger partial charge in [0.15, 0.2) is 0 Å². The summed E-state index contributed by atoms with van der Waals surface area (Å²) in [5, 5.41) is 2.08. The van der Waals surface area contributed by atoms with Crippen LogP contribution in [-0.4, -0.2) is 4.98 Å². The van der Waals surface area contributed by atoms with Crippen LogP contribution >= 0.6 is 11.3 Å². The van der Waals surface area contributed by atoms with Gasteiger partial charge >= 0.3 is 0 Å². The standard InChI is InChI=1S/C10H17N3S/c11-13-9(10-6-14-7-12-10)5-8-3-1-2-4-8/h6-9,13H,1-5,11H2. The zero-order valence-electron chi connectivity index (χ0n) is 8.28. The second kappa shape index (κ2) is 4.87. The van der Waals surface area contributed by atoms with Gasteiger partial charge in [0.25, 0.3) is 0 Å². The quantitative estimate of drug-likeness (QED) is 0.593. The zero-order chi connectivity index (χ0) is 9.80. The Labute approximate surface area is 88.7 Å². The van der Waals surface area contributed by atoms with Crippen molar-refractivity contribution in [1.82, 2.24) is 10.4 Å². The molecule has 1 aromatic rings. The number of aromatic nitrogens is 1. The highest BCUT2D eigenvalue weighted by molar-refractivity contribution is 7.07. The summed E-state index contributed by atoms with van der Waals surface area (Å²) >= 11 is 1.63. The second-order valence-electron chi connectivity index (χ2n) is 4.02. The van der Waals surface area contributed by atoms with E-state index >= 15 is 0 Å². The summed E-state index contributed by atoms with van der Waals surface area (Å²) in [6, 6.07) is 0.254. The summed E-state index contributed by atoms with van der Waals surface area (Å²) in [6.07, 6.45) is 6.64. The fourth-order valence-corrected chi connectivity index (χ4v) is 2.86. The summed E-state index contributed by atoms with van der Waals surface area (Å²) in [4.78, 5) is 4.31. The van der Waals surface area contributed by atoms with Crippen molar-refractivity contribution in [1.29, 1.82) is 0 Å². The number of hydrogen-bond donors (Lipinski definition) is 2. The van der Waals surface area contributed by atoms with Gasteiger partial charge in [-0.1, -0.05) is 25.7 Å². The van der Waals surface area contributed by atoms with Gasteiger partial charge < -0.3 is 0 Å². The molecule has 0 saturated heterocycles. The minimum absolute atomic E-state index is 0.254. The molecule has 2 rings (SSSR count). The summed E-state index contributed by atoms with van der Waals surface area (Å²) in [5.41, 5.74) is 5.85. The van der Waals surface area contributed by atoms with Gasteiger partial charge in [-0.05, 0) is 12.3 Å². The van der Waals surface area contributed by atoms with E-state index in [4.69, 9.17) is 5.84 Å².